The van der Waals surface area contributed by atoms with E-state index in [0.717, 1.165) is 13.0 Å². The van der Waals surface area contributed by atoms with E-state index in [1.165, 1.54) is 12.1 Å². The van der Waals surface area contributed by atoms with Gasteiger partial charge in [0, 0.05) is 19.2 Å². The molecule has 0 radical (unpaired) electrons. The zero-order valence-corrected chi connectivity index (χ0v) is 11.3. The van der Waals surface area contributed by atoms with E-state index in [1.54, 1.807) is 12.1 Å². The predicted octanol–water partition coefficient (Wildman–Crippen LogP) is 0.710. The van der Waals surface area contributed by atoms with Crippen molar-refractivity contribution in [1.29, 1.82) is 5.26 Å². The van der Waals surface area contributed by atoms with Crippen LogP contribution in [0.4, 0.5) is 0 Å². The molecule has 1 aromatic rings. The van der Waals surface area contributed by atoms with Crippen molar-refractivity contribution in [2.45, 2.75) is 17.4 Å². The Hall–Kier alpha value is -1.42. The minimum atomic E-state index is -3.34. The second kappa shape index (κ2) is 6.15. The summed E-state index contributed by atoms with van der Waals surface area (Å²) < 4.78 is 29.4. The summed E-state index contributed by atoms with van der Waals surface area (Å²) in [4.78, 5) is 0.205. The molecule has 1 fully saturated rings. The highest BCUT2D eigenvalue weighted by Gasteiger charge is 2.18. The molecular weight excluding hydrogens is 264 g/mol. The third kappa shape index (κ3) is 3.77. The summed E-state index contributed by atoms with van der Waals surface area (Å²) in [6.07, 6.45) is 0.921. The second-order valence-electron chi connectivity index (χ2n) is 4.47. The number of sulfone groups is 1. The molecule has 19 heavy (non-hydrogen) atoms. The Morgan fingerprint density at radius 2 is 2.32 bits per heavy atom. The summed E-state index contributed by atoms with van der Waals surface area (Å²) in [7, 11) is -3.34. The van der Waals surface area contributed by atoms with E-state index in [4.69, 9.17) is 10.00 Å². The molecule has 6 heteroatoms. The molecule has 1 N–H and O–H groups in total. The van der Waals surface area contributed by atoms with Gasteiger partial charge >= 0.3 is 0 Å². The molecule has 1 aliphatic heterocycles. The standard InChI is InChI=1S/C13H16N2O3S/c14-9-11-2-1-3-13(8-11)19(16,17)7-5-15-12-4-6-18-10-12/h1-3,8,12,15H,4-7,10H2. The maximum atomic E-state index is 12.1. The Morgan fingerprint density at radius 3 is 3.00 bits per heavy atom. The highest BCUT2D eigenvalue weighted by atomic mass is 32.2. The van der Waals surface area contributed by atoms with E-state index >= 15 is 0 Å². The zero-order valence-electron chi connectivity index (χ0n) is 10.5. The minimum Gasteiger partial charge on any atom is -0.380 e. The molecule has 0 aliphatic carbocycles. The molecule has 0 spiro atoms. The summed E-state index contributed by atoms with van der Waals surface area (Å²) >= 11 is 0. The molecule has 5 nitrogen and oxygen atoms in total. The molecular formula is C13H16N2O3S. The van der Waals surface area contributed by atoms with Gasteiger partial charge in [-0.15, -0.1) is 0 Å². The van der Waals surface area contributed by atoms with Crippen molar-refractivity contribution in [3.8, 4) is 6.07 Å². The molecule has 0 aromatic heterocycles. The first-order valence-corrected chi connectivity index (χ1v) is 7.81. The lowest BCUT2D eigenvalue weighted by molar-refractivity contribution is 0.190. The van der Waals surface area contributed by atoms with Crippen molar-refractivity contribution in [1.82, 2.24) is 5.32 Å². The van der Waals surface area contributed by atoms with Crippen LogP contribution >= 0.6 is 0 Å². The fraction of sp³-hybridized carbons (Fsp3) is 0.462. The minimum absolute atomic E-state index is 0.0262. The first-order valence-electron chi connectivity index (χ1n) is 6.16. The fourth-order valence-electron chi connectivity index (χ4n) is 1.97. The summed E-state index contributed by atoms with van der Waals surface area (Å²) in [5.74, 6) is 0.0262. The number of benzene rings is 1. The van der Waals surface area contributed by atoms with Crippen LogP contribution < -0.4 is 5.32 Å². The number of nitrogens with zero attached hydrogens (tertiary/aromatic N) is 1. The van der Waals surface area contributed by atoms with Crippen LogP contribution in [-0.2, 0) is 14.6 Å². The van der Waals surface area contributed by atoms with Crippen molar-refractivity contribution in [3.05, 3.63) is 29.8 Å². The van der Waals surface area contributed by atoms with Gasteiger partial charge in [0.25, 0.3) is 0 Å². The second-order valence-corrected chi connectivity index (χ2v) is 6.58. The number of hydrogen-bond acceptors (Lipinski definition) is 5. The number of hydrogen-bond donors (Lipinski definition) is 1. The van der Waals surface area contributed by atoms with E-state index < -0.39 is 9.84 Å². The molecule has 1 atom stereocenters. The van der Waals surface area contributed by atoms with E-state index in [-0.39, 0.29) is 16.7 Å². The normalized spacial score (nSPS) is 19.2. The number of ether oxygens (including phenoxy) is 1. The molecule has 102 valence electrons. The van der Waals surface area contributed by atoms with Gasteiger partial charge in [-0.25, -0.2) is 8.42 Å². The van der Waals surface area contributed by atoms with Crippen LogP contribution in [0.2, 0.25) is 0 Å². The molecule has 0 amide bonds. The highest BCUT2D eigenvalue weighted by Crippen LogP contribution is 2.13. The van der Waals surface area contributed by atoms with Crippen LogP contribution in [-0.4, -0.2) is 40.0 Å². The third-order valence-corrected chi connectivity index (χ3v) is 4.77. The number of rotatable bonds is 5. The summed E-state index contributed by atoms with van der Waals surface area (Å²) in [6.45, 7) is 1.77. The molecule has 1 saturated heterocycles. The van der Waals surface area contributed by atoms with Crippen molar-refractivity contribution in [3.63, 3.8) is 0 Å². The van der Waals surface area contributed by atoms with E-state index in [2.05, 4.69) is 5.32 Å². The van der Waals surface area contributed by atoms with Gasteiger partial charge in [0.2, 0.25) is 0 Å². The summed E-state index contributed by atoms with van der Waals surface area (Å²) in [5, 5.41) is 11.9. The Morgan fingerprint density at radius 1 is 1.47 bits per heavy atom. The molecule has 1 heterocycles. The Labute approximate surface area is 113 Å². The van der Waals surface area contributed by atoms with Crippen LogP contribution in [0.5, 0.6) is 0 Å². The van der Waals surface area contributed by atoms with Crippen LogP contribution in [0.15, 0.2) is 29.2 Å². The van der Waals surface area contributed by atoms with Gasteiger partial charge in [0.1, 0.15) is 0 Å². The lowest BCUT2D eigenvalue weighted by Crippen LogP contribution is -2.33. The van der Waals surface area contributed by atoms with E-state index in [1.807, 2.05) is 6.07 Å². The molecule has 1 aliphatic rings. The fourth-order valence-corrected chi connectivity index (χ4v) is 3.18. The van der Waals surface area contributed by atoms with Gasteiger partial charge in [-0.1, -0.05) is 6.07 Å². The molecule has 2 rings (SSSR count). The predicted molar refractivity (Wildman–Crippen MR) is 70.4 cm³/mol. The van der Waals surface area contributed by atoms with Gasteiger partial charge in [-0.05, 0) is 24.6 Å². The summed E-state index contributed by atoms with van der Waals surface area (Å²) in [5.41, 5.74) is 0.359. The SMILES string of the molecule is N#Cc1cccc(S(=O)(=O)CCNC2CCOC2)c1. The zero-order chi connectivity index (χ0) is 13.7. The quantitative estimate of drug-likeness (QED) is 0.859. The smallest absolute Gasteiger partial charge is 0.179 e. The highest BCUT2D eigenvalue weighted by molar-refractivity contribution is 7.91. The van der Waals surface area contributed by atoms with Crippen molar-refractivity contribution in [2.75, 3.05) is 25.5 Å². The summed E-state index contributed by atoms with van der Waals surface area (Å²) in [6, 6.07) is 8.31. The van der Waals surface area contributed by atoms with Crippen LogP contribution in [0.3, 0.4) is 0 Å². The lowest BCUT2D eigenvalue weighted by atomic mass is 10.2. The molecule has 0 saturated carbocycles. The van der Waals surface area contributed by atoms with Gasteiger partial charge in [0.05, 0.1) is 28.9 Å². The average Bonchev–Trinajstić information content (AvgIpc) is 2.92. The van der Waals surface area contributed by atoms with Crippen molar-refractivity contribution in [2.24, 2.45) is 0 Å². The van der Waals surface area contributed by atoms with Crippen LogP contribution in [0.25, 0.3) is 0 Å². The topological polar surface area (TPSA) is 79.2 Å². The Bertz CT molecular complexity index is 572. The number of nitriles is 1. The Kier molecular flexibility index (Phi) is 4.53. The Balaban J connectivity index is 1.95. The van der Waals surface area contributed by atoms with Gasteiger partial charge in [0.15, 0.2) is 9.84 Å². The van der Waals surface area contributed by atoms with Crippen molar-refractivity contribution >= 4 is 9.84 Å². The van der Waals surface area contributed by atoms with Gasteiger partial charge in [-0.3, -0.25) is 0 Å². The number of nitrogens with one attached hydrogen (secondary N) is 1. The third-order valence-electron chi connectivity index (χ3n) is 3.06. The van der Waals surface area contributed by atoms with E-state index in [9.17, 15) is 8.42 Å². The maximum absolute atomic E-state index is 12.1. The molecule has 0 bridgehead atoms. The average molecular weight is 280 g/mol. The first-order chi connectivity index (χ1) is 9.12. The molecule has 1 aromatic carbocycles. The van der Waals surface area contributed by atoms with Gasteiger partial charge < -0.3 is 10.1 Å². The van der Waals surface area contributed by atoms with Gasteiger partial charge in [-0.2, -0.15) is 5.26 Å². The first kappa shape index (κ1) is 14.0. The van der Waals surface area contributed by atoms with E-state index in [0.29, 0.717) is 18.7 Å². The molecule has 1 unspecified atom stereocenters. The van der Waals surface area contributed by atoms with Crippen molar-refractivity contribution < 1.29 is 13.2 Å². The lowest BCUT2D eigenvalue weighted by Gasteiger charge is -2.10. The largest absolute Gasteiger partial charge is 0.380 e. The monoisotopic (exact) mass is 280 g/mol. The maximum Gasteiger partial charge on any atom is 0.179 e. The van der Waals surface area contributed by atoms with Crippen LogP contribution in [0, 0.1) is 11.3 Å². The van der Waals surface area contributed by atoms with Crippen LogP contribution in [0.1, 0.15) is 12.0 Å².